The smallest absolute Gasteiger partial charge is 0.324 e. The van der Waals surface area contributed by atoms with Gasteiger partial charge >= 0.3 is 6.01 Å². The Morgan fingerprint density at radius 1 is 1.14 bits per heavy atom. The number of halogens is 1. The molecular formula is C25H29FN8O2. The number of nitrogens with two attached hydrogens (primary N) is 1. The maximum atomic E-state index is 14.5. The summed E-state index contributed by atoms with van der Waals surface area (Å²) in [4.78, 5) is 22.8. The molecule has 1 unspecified atom stereocenters. The van der Waals surface area contributed by atoms with E-state index in [1.807, 2.05) is 0 Å². The maximum absolute atomic E-state index is 14.5. The Kier molecular flexibility index (Phi) is 6.02. The molecule has 36 heavy (non-hydrogen) atoms. The number of nitrogens with zero attached hydrogens (tertiary/aromatic N) is 6. The van der Waals surface area contributed by atoms with Crippen molar-refractivity contribution in [2.24, 2.45) is 11.7 Å². The van der Waals surface area contributed by atoms with E-state index < -0.39 is 0 Å². The van der Waals surface area contributed by atoms with E-state index in [9.17, 15) is 4.39 Å². The van der Waals surface area contributed by atoms with Gasteiger partial charge in [0, 0.05) is 50.9 Å². The fourth-order valence-electron chi connectivity index (χ4n) is 5.20. The van der Waals surface area contributed by atoms with Crippen LogP contribution in [0.5, 0.6) is 11.8 Å². The Labute approximate surface area is 208 Å². The number of anilines is 3. The Hall–Kier alpha value is -3.57. The molecule has 0 saturated carbocycles. The van der Waals surface area contributed by atoms with Gasteiger partial charge in [0.05, 0.1) is 31.3 Å². The van der Waals surface area contributed by atoms with Crippen LogP contribution in [0.15, 0.2) is 24.5 Å². The van der Waals surface area contributed by atoms with E-state index >= 15 is 0 Å². The summed E-state index contributed by atoms with van der Waals surface area (Å²) in [6.45, 7) is 5.08. The van der Waals surface area contributed by atoms with E-state index in [1.54, 1.807) is 25.5 Å². The molecule has 3 aromatic rings. The first-order valence-electron chi connectivity index (χ1n) is 12.3. The minimum Gasteiger partial charge on any atom is -0.421 e. The molecule has 2 aliphatic heterocycles. The van der Waals surface area contributed by atoms with Crippen molar-refractivity contribution < 1.29 is 13.9 Å². The molecule has 6 rings (SSSR count). The molecule has 2 saturated heterocycles. The van der Waals surface area contributed by atoms with Crippen LogP contribution in [0.3, 0.4) is 0 Å². The molecule has 1 aliphatic carbocycles. The SMILES string of the molecule is CNc1cc(F)cc2c1Cc1nc(Oc3cnc(N4CCOCC4)nc3)nc(N3CCC(CN)C3)c1-2. The highest BCUT2D eigenvalue weighted by Gasteiger charge is 2.33. The molecule has 0 bridgehead atoms. The van der Waals surface area contributed by atoms with Crippen molar-refractivity contribution in [2.45, 2.75) is 12.8 Å². The van der Waals surface area contributed by atoms with Crippen molar-refractivity contribution in [1.82, 2.24) is 19.9 Å². The zero-order chi connectivity index (χ0) is 24.6. The Morgan fingerprint density at radius 2 is 1.94 bits per heavy atom. The average molecular weight is 493 g/mol. The lowest BCUT2D eigenvalue weighted by Crippen LogP contribution is -2.37. The van der Waals surface area contributed by atoms with E-state index in [4.69, 9.17) is 25.2 Å². The van der Waals surface area contributed by atoms with Crippen molar-refractivity contribution in [2.75, 3.05) is 68.1 Å². The number of aromatic nitrogens is 4. The Balaban J connectivity index is 1.35. The van der Waals surface area contributed by atoms with Crippen LogP contribution in [0, 0.1) is 11.7 Å². The summed E-state index contributed by atoms with van der Waals surface area (Å²) >= 11 is 0. The van der Waals surface area contributed by atoms with Gasteiger partial charge in [0.1, 0.15) is 11.6 Å². The summed E-state index contributed by atoms with van der Waals surface area (Å²) < 4.78 is 25.9. The summed E-state index contributed by atoms with van der Waals surface area (Å²) in [5.74, 6) is 1.95. The number of hydrogen-bond acceptors (Lipinski definition) is 10. The third-order valence-electron chi connectivity index (χ3n) is 7.08. The zero-order valence-corrected chi connectivity index (χ0v) is 20.2. The first-order valence-corrected chi connectivity index (χ1v) is 12.3. The van der Waals surface area contributed by atoms with Gasteiger partial charge in [-0.25, -0.2) is 14.4 Å². The van der Waals surface area contributed by atoms with Gasteiger partial charge in [-0.1, -0.05) is 0 Å². The van der Waals surface area contributed by atoms with E-state index in [1.165, 1.54) is 6.07 Å². The molecule has 188 valence electrons. The number of fused-ring (bicyclic) bond motifs is 3. The number of benzene rings is 1. The molecule has 0 radical (unpaired) electrons. The fourth-order valence-corrected chi connectivity index (χ4v) is 5.20. The second-order valence-corrected chi connectivity index (χ2v) is 9.31. The number of morpholine rings is 1. The van der Waals surface area contributed by atoms with Crippen LogP contribution in [0.1, 0.15) is 17.7 Å². The zero-order valence-electron chi connectivity index (χ0n) is 20.2. The van der Waals surface area contributed by atoms with E-state index in [0.717, 1.165) is 66.5 Å². The van der Waals surface area contributed by atoms with Gasteiger partial charge in [0.2, 0.25) is 5.95 Å². The minimum atomic E-state index is -0.295. The molecule has 1 aromatic carbocycles. The van der Waals surface area contributed by atoms with E-state index in [0.29, 0.717) is 43.8 Å². The molecule has 0 spiro atoms. The standard InChI is InChI=1S/C25H29FN8O2/c1-28-20-9-16(26)8-19-18(20)10-21-22(19)23(34-3-2-15(11-27)14-34)32-25(31-21)36-17-12-29-24(30-13-17)33-4-6-35-7-5-33/h8-9,12-13,15,28H,2-7,10-11,14,27H2,1H3. The maximum Gasteiger partial charge on any atom is 0.324 e. The van der Waals surface area contributed by atoms with Gasteiger partial charge in [-0.3, -0.25) is 0 Å². The molecule has 3 aliphatic rings. The van der Waals surface area contributed by atoms with E-state index in [2.05, 4.69) is 25.1 Å². The van der Waals surface area contributed by atoms with Gasteiger partial charge < -0.3 is 30.3 Å². The lowest BCUT2D eigenvalue weighted by molar-refractivity contribution is 0.122. The molecule has 2 fully saturated rings. The number of nitrogens with one attached hydrogen (secondary N) is 1. The third kappa shape index (κ3) is 4.18. The molecule has 10 nitrogen and oxygen atoms in total. The fraction of sp³-hybridized carbons (Fsp3) is 0.440. The molecule has 4 heterocycles. The second-order valence-electron chi connectivity index (χ2n) is 9.31. The molecule has 0 amide bonds. The average Bonchev–Trinajstić information content (AvgIpc) is 3.54. The van der Waals surface area contributed by atoms with Crippen molar-refractivity contribution >= 4 is 17.5 Å². The van der Waals surface area contributed by atoms with Crippen molar-refractivity contribution in [3.05, 3.63) is 41.6 Å². The van der Waals surface area contributed by atoms with Crippen LogP contribution in [0.2, 0.25) is 0 Å². The summed E-state index contributed by atoms with van der Waals surface area (Å²) in [6.07, 6.45) is 4.82. The lowest BCUT2D eigenvalue weighted by atomic mass is 10.0. The Bertz CT molecular complexity index is 1270. The van der Waals surface area contributed by atoms with Crippen molar-refractivity contribution in [1.29, 1.82) is 0 Å². The molecule has 3 N–H and O–H groups in total. The Morgan fingerprint density at radius 3 is 2.67 bits per heavy atom. The van der Waals surface area contributed by atoms with Crippen LogP contribution >= 0.6 is 0 Å². The van der Waals surface area contributed by atoms with Crippen molar-refractivity contribution in [3.8, 4) is 22.9 Å². The van der Waals surface area contributed by atoms with Gasteiger partial charge in [-0.15, -0.1) is 0 Å². The van der Waals surface area contributed by atoms with E-state index in [-0.39, 0.29) is 11.8 Å². The minimum absolute atomic E-state index is 0.224. The van der Waals surface area contributed by atoms with Crippen LogP contribution in [0.4, 0.5) is 21.8 Å². The van der Waals surface area contributed by atoms with Gasteiger partial charge in [0.25, 0.3) is 0 Å². The summed E-state index contributed by atoms with van der Waals surface area (Å²) in [5, 5.41) is 3.12. The van der Waals surface area contributed by atoms with Crippen LogP contribution < -0.4 is 25.6 Å². The number of ether oxygens (including phenoxy) is 2. The number of rotatable bonds is 6. The van der Waals surface area contributed by atoms with Gasteiger partial charge in [-0.05, 0) is 42.1 Å². The van der Waals surface area contributed by atoms with Gasteiger partial charge in [0.15, 0.2) is 5.75 Å². The first kappa shape index (κ1) is 22.9. The first-order chi connectivity index (χ1) is 17.6. The second kappa shape index (κ2) is 9.47. The molecular weight excluding hydrogens is 463 g/mol. The highest BCUT2D eigenvalue weighted by Crippen LogP contribution is 2.46. The predicted molar refractivity (Wildman–Crippen MR) is 134 cm³/mol. The third-order valence-corrected chi connectivity index (χ3v) is 7.08. The summed E-state index contributed by atoms with van der Waals surface area (Å²) in [7, 11) is 1.80. The summed E-state index contributed by atoms with van der Waals surface area (Å²) in [5.41, 5.74) is 10.2. The number of hydrogen-bond donors (Lipinski definition) is 2. The lowest BCUT2D eigenvalue weighted by Gasteiger charge is -2.26. The normalized spacial score (nSPS) is 18.8. The highest BCUT2D eigenvalue weighted by atomic mass is 19.1. The summed E-state index contributed by atoms with van der Waals surface area (Å²) in [6, 6.07) is 3.31. The largest absolute Gasteiger partial charge is 0.421 e. The predicted octanol–water partition coefficient (Wildman–Crippen LogP) is 2.43. The van der Waals surface area contributed by atoms with Crippen LogP contribution in [0.25, 0.3) is 11.1 Å². The van der Waals surface area contributed by atoms with Gasteiger partial charge in [-0.2, -0.15) is 9.97 Å². The molecule has 2 aromatic heterocycles. The van der Waals surface area contributed by atoms with Crippen LogP contribution in [-0.4, -0.2) is 72.9 Å². The quantitative estimate of drug-likeness (QED) is 0.416. The molecule has 11 heteroatoms. The highest BCUT2D eigenvalue weighted by molar-refractivity contribution is 5.88. The van der Waals surface area contributed by atoms with Crippen LogP contribution in [-0.2, 0) is 11.2 Å². The topological polar surface area (TPSA) is 115 Å². The molecule has 1 atom stereocenters. The monoisotopic (exact) mass is 492 g/mol. The van der Waals surface area contributed by atoms with Crippen molar-refractivity contribution in [3.63, 3.8) is 0 Å².